The lowest BCUT2D eigenvalue weighted by Crippen LogP contribution is -2.17. The minimum absolute atomic E-state index is 0.0532. The first-order valence-corrected chi connectivity index (χ1v) is 7.65. The van der Waals surface area contributed by atoms with Gasteiger partial charge in [-0.3, -0.25) is 9.40 Å². The molecule has 0 fully saturated rings. The Kier molecular flexibility index (Phi) is 3.13. The Morgan fingerprint density at radius 3 is 2.67 bits per heavy atom. The van der Waals surface area contributed by atoms with Gasteiger partial charge < -0.3 is 15.2 Å². The number of nitrogens with one attached hydrogen (secondary N) is 1. The van der Waals surface area contributed by atoms with E-state index in [1.165, 1.54) is 10.9 Å². The fraction of sp³-hybridized carbons (Fsp3) is 0.250. The number of sulfonamides is 1. The van der Waals surface area contributed by atoms with Gasteiger partial charge in [-0.15, -0.1) is 0 Å². The van der Waals surface area contributed by atoms with Crippen molar-refractivity contribution in [1.29, 1.82) is 0 Å². The summed E-state index contributed by atoms with van der Waals surface area (Å²) >= 11 is 0. The maximum Gasteiger partial charge on any atom is 0.267 e. The van der Waals surface area contributed by atoms with E-state index < -0.39 is 10.0 Å². The van der Waals surface area contributed by atoms with Gasteiger partial charge in [-0.25, -0.2) is 8.42 Å². The molecule has 2 heterocycles. The standard InChI is InChI=1S/C12H14N4O4S/c1-16-7-11(12(13)14-16)21(17,18)15-8-2-3-9-10(6-8)20-5-4-19-9/h2-3,6-7,15H,4-5H2,1H3,(H2,13,14). The fourth-order valence-corrected chi connectivity index (χ4v) is 3.16. The molecule has 0 spiro atoms. The van der Waals surface area contributed by atoms with E-state index in [9.17, 15) is 8.42 Å². The number of benzene rings is 1. The first-order valence-electron chi connectivity index (χ1n) is 6.17. The summed E-state index contributed by atoms with van der Waals surface area (Å²) in [6.45, 7) is 0.906. The first-order chi connectivity index (χ1) is 9.95. The number of ether oxygens (including phenoxy) is 2. The van der Waals surface area contributed by atoms with E-state index in [2.05, 4.69) is 9.82 Å². The monoisotopic (exact) mass is 310 g/mol. The molecule has 0 amide bonds. The molecule has 9 heteroatoms. The van der Waals surface area contributed by atoms with Gasteiger partial charge in [-0.2, -0.15) is 5.10 Å². The van der Waals surface area contributed by atoms with E-state index in [1.54, 1.807) is 25.2 Å². The van der Waals surface area contributed by atoms with Gasteiger partial charge in [0.2, 0.25) is 0 Å². The molecule has 112 valence electrons. The predicted octanol–water partition coefficient (Wildman–Crippen LogP) is 0.574. The number of fused-ring (bicyclic) bond motifs is 1. The van der Waals surface area contributed by atoms with Crippen molar-refractivity contribution >= 4 is 21.5 Å². The molecule has 2 aromatic rings. The second-order valence-electron chi connectivity index (χ2n) is 4.52. The summed E-state index contributed by atoms with van der Waals surface area (Å²) in [6.07, 6.45) is 1.34. The number of hydrogen-bond donors (Lipinski definition) is 2. The molecule has 0 aliphatic carbocycles. The van der Waals surface area contributed by atoms with Crippen molar-refractivity contribution in [2.75, 3.05) is 23.7 Å². The van der Waals surface area contributed by atoms with E-state index in [-0.39, 0.29) is 10.7 Å². The van der Waals surface area contributed by atoms with Crippen molar-refractivity contribution < 1.29 is 17.9 Å². The molecule has 0 atom stereocenters. The summed E-state index contributed by atoms with van der Waals surface area (Å²) in [6, 6.07) is 4.81. The van der Waals surface area contributed by atoms with Crippen molar-refractivity contribution in [3.8, 4) is 11.5 Å². The van der Waals surface area contributed by atoms with Gasteiger partial charge in [0.15, 0.2) is 17.3 Å². The maximum atomic E-state index is 12.3. The quantitative estimate of drug-likeness (QED) is 0.858. The lowest BCUT2D eigenvalue weighted by molar-refractivity contribution is 0.171. The van der Waals surface area contributed by atoms with Crippen molar-refractivity contribution in [3.05, 3.63) is 24.4 Å². The van der Waals surface area contributed by atoms with Crippen LogP contribution in [0.2, 0.25) is 0 Å². The molecule has 8 nitrogen and oxygen atoms in total. The van der Waals surface area contributed by atoms with Crippen LogP contribution in [0.15, 0.2) is 29.3 Å². The summed E-state index contributed by atoms with van der Waals surface area (Å²) in [5.41, 5.74) is 5.96. The van der Waals surface area contributed by atoms with Gasteiger partial charge in [0.25, 0.3) is 10.0 Å². The van der Waals surface area contributed by atoms with Crippen LogP contribution in [0.3, 0.4) is 0 Å². The van der Waals surface area contributed by atoms with E-state index in [1.807, 2.05) is 0 Å². The number of nitrogens with two attached hydrogens (primary N) is 1. The van der Waals surface area contributed by atoms with Gasteiger partial charge in [0.05, 0.1) is 5.69 Å². The van der Waals surface area contributed by atoms with Gasteiger partial charge in [0.1, 0.15) is 18.1 Å². The summed E-state index contributed by atoms with van der Waals surface area (Å²) in [4.78, 5) is -0.0695. The second-order valence-corrected chi connectivity index (χ2v) is 6.17. The van der Waals surface area contributed by atoms with Crippen LogP contribution in [0.25, 0.3) is 0 Å². The topological polar surface area (TPSA) is 108 Å². The molecule has 3 rings (SSSR count). The van der Waals surface area contributed by atoms with E-state index >= 15 is 0 Å². The van der Waals surface area contributed by atoms with Crippen molar-refractivity contribution in [1.82, 2.24) is 9.78 Å². The zero-order valence-corrected chi connectivity index (χ0v) is 12.1. The first kappa shape index (κ1) is 13.6. The zero-order valence-electron chi connectivity index (χ0n) is 11.2. The van der Waals surface area contributed by atoms with Crippen LogP contribution in [0, 0.1) is 0 Å². The fourth-order valence-electron chi connectivity index (χ4n) is 2.01. The third kappa shape index (κ3) is 2.59. The summed E-state index contributed by atoms with van der Waals surface area (Å²) in [5, 5.41) is 3.82. The van der Waals surface area contributed by atoms with Gasteiger partial charge in [0, 0.05) is 19.3 Å². The minimum Gasteiger partial charge on any atom is -0.486 e. The van der Waals surface area contributed by atoms with Crippen LogP contribution in [0.5, 0.6) is 11.5 Å². The molecule has 0 saturated carbocycles. The maximum absolute atomic E-state index is 12.3. The Balaban J connectivity index is 1.90. The highest BCUT2D eigenvalue weighted by Gasteiger charge is 2.21. The highest BCUT2D eigenvalue weighted by Crippen LogP contribution is 2.33. The molecule has 21 heavy (non-hydrogen) atoms. The number of aryl methyl sites for hydroxylation is 1. The molecular weight excluding hydrogens is 296 g/mol. The molecule has 1 aromatic carbocycles. The van der Waals surface area contributed by atoms with Crippen molar-refractivity contribution in [2.24, 2.45) is 7.05 Å². The molecule has 1 aromatic heterocycles. The lowest BCUT2D eigenvalue weighted by Gasteiger charge is -2.19. The molecule has 0 bridgehead atoms. The van der Waals surface area contributed by atoms with Crippen molar-refractivity contribution in [2.45, 2.75) is 4.90 Å². The van der Waals surface area contributed by atoms with Crippen molar-refractivity contribution in [3.63, 3.8) is 0 Å². The molecule has 1 aliphatic rings. The number of nitrogen functional groups attached to an aromatic ring is 1. The van der Waals surface area contributed by atoms with Gasteiger partial charge in [-0.1, -0.05) is 0 Å². The van der Waals surface area contributed by atoms with Gasteiger partial charge >= 0.3 is 0 Å². The Morgan fingerprint density at radius 1 is 1.29 bits per heavy atom. The number of anilines is 2. The molecule has 0 saturated heterocycles. The Labute approximate surface area is 121 Å². The van der Waals surface area contributed by atoms with E-state index in [4.69, 9.17) is 15.2 Å². The summed E-state index contributed by atoms with van der Waals surface area (Å²) < 4.78 is 39.1. The lowest BCUT2D eigenvalue weighted by atomic mass is 10.3. The zero-order chi connectivity index (χ0) is 15.0. The van der Waals surface area contributed by atoms with Crippen LogP contribution in [-0.4, -0.2) is 31.4 Å². The van der Waals surface area contributed by atoms with Crippen LogP contribution in [0.4, 0.5) is 11.5 Å². The molecule has 3 N–H and O–H groups in total. The average molecular weight is 310 g/mol. The minimum atomic E-state index is -3.80. The number of nitrogens with zero attached hydrogens (tertiary/aromatic N) is 2. The van der Waals surface area contributed by atoms with Crippen LogP contribution >= 0.6 is 0 Å². The molecule has 0 radical (unpaired) electrons. The Morgan fingerprint density at radius 2 is 2.00 bits per heavy atom. The predicted molar refractivity (Wildman–Crippen MR) is 75.9 cm³/mol. The summed E-state index contributed by atoms with van der Waals surface area (Å²) in [7, 11) is -2.21. The third-order valence-electron chi connectivity index (χ3n) is 2.91. The second kappa shape index (κ2) is 4.85. The normalized spacial score (nSPS) is 14.0. The number of hydrogen-bond acceptors (Lipinski definition) is 6. The molecule has 0 unspecified atom stereocenters. The SMILES string of the molecule is Cn1cc(S(=O)(=O)Nc2ccc3c(c2)OCCO3)c(N)n1. The Hall–Kier alpha value is -2.42. The highest BCUT2D eigenvalue weighted by atomic mass is 32.2. The van der Waals surface area contributed by atoms with Crippen LogP contribution in [-0.2, 0) is 17.1 Å². The Bertz CT molecular complexity index is 785. The van der Waals surface area contributed by atoms with E-state index in [0.29, 0.717) is 30.4 Å². The largest absolute Gasteiger partial charge is 0.486 e. The van der Waals surface area contributed by atoms with Crippen LogP contribution in [0.1, 0.15) is 0 Å². The average Bonchev–Trinajstić information content (AvgIpc) is 2.78. The third-order valence-corrected chi connectivity index (χ3v) is 4.30. The van der Waals surface area contributed by atoms with E-state index in [0.717, 1.165) is 0 Å². The van der Waals surface area contributed by atoms with Crippen LogP contribution < -0.4 is 19.9 Å². The highest BCUT2D eigenvalue weighted by molar-refractivity contribution is 7.92. The molecule has 1 aliphatic heterocycles. The summed E-state index contributed by atoms with van der Waals surface area (Å²) in [5.74, 6) is 1.04. The number of rotatable bonds is 3. The number of aromatic nitrogens is 2. The van der Waals surface area contributed by atoms with Gasteiger partial charge in [-0.05, 0) is 12.1 Å². The smallest absolute Gasteiger partial charge is 0.267 e. The molecular formula is C12H14N4O4S.